The van der Waals surface area contributed by atoms with E-state index in [2.05, 4.69) is 9.97 Å². The van der Waals surface area contributed by atoms with E-state index in [4.69, 9.17) is 10.5 Å². The van der Waals surface area contributed by atoms with Gasteiger partial charge in [0, 0.05) is 4.88 Å². The van der Waals surface area contributed by atoms with Crippen molar-refractivity contribution < 1.29 is 14.3 Å². The molecule has 3 amide bonds. The van der Waals surface area contributed by atoms with E-state index < -0.39 is 11.9 Å². The van der Waals surface area contributed by atoms with Gasteiger partial charge >= 0.3 is 6.03 Å². The summed E-state index contributed by atoms with van der Waals surface area (Å²) in [6.45, 7) is -0.306. The van der Waals surface area contributed by atoms with Gasteiger partial charge in [-0.15, -0.1) is 11.3 Å². The lowest BCUT2D eigenvalue weighted by Gasteiger charge is -2.07. The maximum absolute atomic E-state index is 11.5. The van der Waals surface area contributed by atoms with Crippen molar-refractivity contribution in [3.05, 3.63) is 16.8 Å². The Bertz CT molecular complexity index is 728. The van der Waals surface area contributed by atoms with E-state index in [0.29, 0.717) is 5.88 Å². The number of nitrogens with one attached hydrogen (secondary N) is 1. The number of ether oxygens (including phenoxy) is 1. The maximum atomic E-state index is 11.5. The molecule has 116 valence electrons. The monoisotopic (exact) mass is 320 g/mol. The Balaban J connectivity index is 1.88. The van der Waals surface area contributed by atoms with Crippen molar-refractivity contribution in [2.45, 2.75) is 32.1 Å². The van der Waals surface area contributed by atoms with E-state index in [9.17, 15) is 9.59 Å². The van der Waals surface area contributed by atoms with E-state index in [-0.39, 0.29) is 6.61 Å². The predicted molar refractivity (Wildman–Crippen MR) is 81.9 cm³/mol. The molecular weight excluding hydrogens is 304 g/mol. The van der Waals surface area contributed by atoms with Crippen molar-refractivity contribution in [3.8, 4) is 5.88 Å². The number of primary amides is 1. The first-order valence-corrected chi connectivity index (χ1v) is 7.94. The molecule has 3 N–H and O–H groups in total. The van der Waals surface area contributed by atoms with Gasteiger partial charge < -0.3 is 10.5 Å². The van der Waals surface area contributed by atoms with Gasteiger partial charge in [0.2, 0.25) is 5.88 Å². The number of rotatable bonds is 3. The summed E-state index contributed by atoms with van der Waals surface area (Å²) >= 11 is 1.67. The molecule has 0 spiro atoms. The average Bonchev–Trinajstić information content (AvgIpc) is 2.67. The van der Waals surface area contributed by atoms with Crippen molar-refractivity contribution in [1.82, 2.24) is 15.3 Å². The van der Waals surface area contributed by atoms with Crippen LogP contribution in [0, 0.1) is 0 Å². The molecule has 1 aliphatic carbocycles. The zero-order valence-corrected chi connectivity index (χ0v) is 12.7. The number of amides is 3. The quantitative estimate of drug-likeness (QED) is 0.834. The number of hydrogen-bond donors (Lipinski definition) is 2. The molecule has 0 aliphatic heterocycles. The van der Waals surface area contributed by atoms with E-state index >= 15 is 0 Å². The van der Waals surface area contributed by atoms with Gasteiger partial charge in [0.15, 0.2) is 6.61 Å². The summed E-state index contributed by atoms with van der Waals surface area (Å²) in [5.41, 5.74) is 6.13. The van der Waals surface area contributed by atoms with E-state index in [0.717, 1.165) is 29.5 Å². The molecule has 3 rings (SSSR count). The first-order chi connectivity index (χ1) is 10.6. The van der Waals surface area contributed by atoms with E-state index in [1.807, 2.05) is 5.32 Å². The molecule has 0 bridgehead atoms. The van der Waals surface area contributed by atoms with Crippen LogP contribution in [0.25, 0.3) is 10.2 Å². The minimum Gasteiger partial charge on any atom is -0.467 e. The standard InChI is InChI=1S/C14H16N4O3S/c15-14(20)18-10(19)6-21-12-11-8-4-2-1-3-5-9(8)22-13(11)17-7-16-12/h7H,1-6H2,(H3,15,18,19,20). The Morgan fingerprint density at radius 1 is 1.27 bits per heavy atom. The summed E-state index contributed by atoms with van der Waals surface area (Å²) in [5, 5.41) is 2.86. The molecule has 1 aliphatic rings. The van der Waals surface area contributed by atoms with Gasteiger partial charge in [-0.2, -0.15) is 0 Å². The fraction of sp³-hybridized carbons (Fsp3) is 0.429. The topological polar surface area (TPSA) is 107 Å². The number of aryl methyl sites for hydroxylation is 2. The molecule has 0 unspecified atom stereocenters. The number of fused-ring (bicyclic) bond motifs is 3. The zero-order valence-electron chi connectivity index (χ0n) is 11.9. The largest absolute Gasteiger partial charge is 0.467 e. The van der Waals surface area contributed by atoms with Crippen molar-refractivity contribution >= 4 is 33.5 Å². The molecule has 0 saturated carbocycles. The van der Waals surface area contributed by atoms with Crippen molar-refractivity contribution in [1.29, 1.82) is 0 Å². The van der Waals surface area contributed by atoms with Crippen LogP contribution in [0.15, 0.2) is 6.33 Å². The van der Waals surface area contributed by atoms with Crippen molar-refractivity contribution in [2.75, 3.05) is 6.61 Å². The Hall–Kier alpha value is -2.22. The molecule has 2 heterocycles. The van der Waals surface area contributed by atoms with Gasteiger partial charge in [-0.1, -0.05) is 6.42 Å². The summed E-state index contributed by atoms with van der Waals surface area (Å²) < 4.78 is 5.48. The number of thiophene rings is 1. The molecule has 0 aromatic carbocycles. The Kier molecular flexibility index (Phi) is 4.19. The molecule has 0 saturated heterocycles. The summed E-state index contributed by atoms with van der Waals surface area (Å²) in [4.78, 5) is 32.8. The highest BCUT2D eigenvalue weighted by Crippen LogP contribution is 2.38. The lowest BCUT2D eigenvalue weighted by Crippen LogP contribution is -2.38. The summed E-state index contributed by atoms with van der Waals surface area (Å²) in [5.74, 6) is -0.204. The minimum absolute atomic E-state index is 0.306. The Labute approximate surface area is 130 Å². The third-order valence-corrected chi connectivity index (χ3v) is 4.77. The second-order valence-electron chi connectivity index (χ2n) is 5.12. The lowest BCUT2D eigenvalue weighted by molar-refractivity contribution is -0.121. The normalized spacial score (nSPS) is 14.2. The predicted octanol–water partition coefficient (Wildman–Crippen LogP) is 1.53. The molecule has 0 atom stereocenters. The van der Waals surface area contributed by atoms with Crippen LogP contribution in [0.2, 0.25) is 0 Å². The minimum atomic E-state index is -0.897. The molecule has 8 heteroatoms. The molecule has 0 fully saturated rings. The Morgan fingerprint density at radius 3 is 2.91 bits per heavy atom. The number of hydrogen-bond acceptors (Lipinski definition) is 6. The van der Waals surface area contributed by atoms with Gasteiger partial charge in [0.05, 0.1) is 5.39 Å². The molecule has 2 aromatic heterocycles. The highest BCUT2D eigenvalue weighted by Gasteiger charge is 2.20. The van der Waals surface area contributed by atoms with Crippen LogP contribution in [-0.2, 0) is 17.6 Å². The van der Waals surface area contributed by atoms with Gasteiger partial charge in [0.1, 0.15) is 11.2 Å². The maximum Gasteiger partial charge on any atom is 0.318 e. The number of nitrogens with zero attached hydrogens (tertiary/aromatic N) is 2. The first kappa shape index (κ1) is 14.7. The molecule has 0 radical (unpaired) electrons. The molecule has 22 heavy (non-hydrogen) atoms. The fourth-order valence-corrected chi connectivity index (χ4v) is 3.87. The van der Waals surface area contributed by atoms with Crippen LogP contribution in [0.3, 0.4) is 0 Å². The number of carbonyl (C=O) groups excluding carboxylic acids is 2. The van der Waals surface area contributed by atoms with E-state index in [1.54, 1.807) is 11.3 Å². The summed E-state index contributed by atoms with van der Waals surface area (Å²) in [6.07, 6.45) is 7.00. The first-order valence-electron chi connectivity index (χ1n) is 7.12. The third kappa shape index (κ3) is 3.01. The molecule has 2 aromatic rings. The van der Waals surface area contributed by atoms with E-state index in [1.165, 1.54) is 29.6 Å². The average molecular weight is 320 g/mol. The Morgan fingerprint density at radius 2 is 2.09 bits per heavy atom. The molecule has 7 nitrogen and oxygen atoms in total. The second-order valence-corrected chi connectivity index (χ2v) is 6.21. The number of carbonyl (C=O) groups is 2. The van der Waals surface area contributed by atoms with Crippen LogP contribution < -0.4 is 15.8 Å². The van der Waals surface area contributed by atoms with Crippen LogP contribution >= 0.6 is 11.3 Å². The molecular formula is C14H16N4O3S. The SMILES string of the molecule is NC(=O)NC(=O)COc1ncnc2sc3c(c12)CCCCC3. The van der Waals surface area contributed by atoms with Crippen molar-refractivity contribution in [3.63, 3.8) is 0 Å². The van der Waals surface area contributed by atoms with Crippen molar-refractivity contribution in [2.24, 2.45) is 5.73 Å². The number of urea groups is 1. The van der Waals surface area contributed by atoms with Crippen LogP contribution in [0.4, 0.5) is 4.79 Å². The van der Waals surface area contributed by atoms with Crippen LogP contribution in [0.1, 0.15) is 29.7 Å². The van der Waals surface area contributed by atoms with Gasteiger partial charge in [0.25, 0.3) is 5.91 Å². The highest BCUT2D eigenvalue weighted by molar-refractivity contribution is 7.18. The third-order valence-electron chi connectivity index (χ3n) is 3.57. The number of imide groups is 1. The fourth-order valence-electron chi connectivity index (χ4n) is 2.65. The zero-order chi connectivity index (χ0) is 15.5. The number of aromatic nitrogens is 2. The number of nitrogens with two attached hydrogens (primary N) is 1. The van der Waals surface area contributed by atoms with Crippen LogP contribution in [-0.4, -0.2) is 28.5 Å². The van der Waals surface area contributed by atoms with Crippen LogP contribution in [0.5, 0.6) is 5.88 Å². The summed E-state index contributed by atoms with van der Waals surface area (Å²) in [6, 6.07) is -0.897. The van der Waals surface area contributed by atoms with Gasteiger partial charge in [-0.25, -0.2) is 14.8 Å². The highest BCUT2D eigenvalue weighted by atomic mass is 32.1. The second kappa shape index (κ2) is 6.27. The van der Waals surface area contributed by atoms with Gasteiger partial charge in [-0.3, -0.25) is 10.1 Å². The smallest absolute Gasteiger partial charge is 0.318 e. The summed E-state index contributed by atoms with van der Waals surface area (Å²) in [7, 11) is 0. The van der Waals surface area contributed by atoms with Gasteiger partial charge in [-0.05, 0) is 31.2 Å². The lowest BCUT2D eigenvalue weighted by atomic mass is 10.1.